The van der Waals surface area contributed by atoms with E-state index in [4.69, 9.17) is 0 Å². The van der Waals surface area contributed by atoms with Gasteiger partial charge in [-0.3, -0.25) is 14.5 Å². The molecule has 3 aliphatic rings. The van der Waals surface area contributed by atoms with Crippen molar-refractivity contribution in [1.82, 2.24) is 4.90 Å². The van der Waals surface area contributed by atoms with Gasteiger partial charge >= 0.3 is 5.97 Å². The number of aliphatic carboxylic acids is 1. The number of carboxylic acids is 1. The first kappa shape index (κ1) is 14.5. The van der Waals surface area contributed by atoms with Gasteiger partial charge in [-0.05, 0) is 44.4 Å². The van der Waals surface area contributed by atoms with E-state index in [2.05, 4.69) is 6.92 Å². The maximum absolute atomic E-state index is 12.9. The lowest BCUT2D eigenvalue weighted by molar-refractivity contribution is -0.167. The van der Waals surface area contributed by atoms with Gasteiger partial charge in [0.15, 0.2) is 0 Å². The predicted molar refractivity (Wildman–Crippen MR) is 75.4 cm³/mol. The molecule has 2 aliphatic carbocycles. The van der Waals surface area contributed by atoms with Crippen LogP contribution in [-0.2, 0) is 14.4 Å². The Labute approximate surface area is 124 Å². The molecule has 0 aromatic carbocycles. The molecule has 21 heavy (non-hydrogen) atoms. The SMILES string of the molecule is CC1CCC(C(=O)O)(N2C(=O)CC3(CCCC3)C2=O)CC1. The summed E-state index contributed by atoms with van der Waals surface area (Å²) < 4.78 is 0. The molecule has 1 saturated heterocycles. The van der Waals surface area contributed by atoms with Gasteiger partial charge in [0.05, 0.1) is 5.41 Å². The summed E-state index contributed by atoms with van der Waals surface area (Å²) in [6, 6.07) is 0. The number of hydrogen-bond acceptors (Lipinski definition) is 3. The Bertz CT molecular complexity index is 485. The smallest absolute Gasteiger partial charge is 0.330 e. The van der Waals surface area contributed by atoms with Crippen molar-refractivity contribution >= 4 is 17.8 Å². The van der Waals surface area contributed by atoms with Crippen LogP contribution in [0.5, 0.6) is 0 Å². The molecule has 0 unspecified atom stereocenters. The highest BCUT2D eigenvalue weighted by Gasteiger charge is 2.61. The third kappa shape index (κ3) is 2.00. The molecule has 2 saturated carbocycles. The number of likely N-dealkylation sites (tertiary alicyclic amines) is 1. The number of carboxylic acid groups (broad SMARTS) is 1. The Morgan fingerprint density at radius 3 is 2.24 bits per heavy atom. The molecule has 1 aliphatic heterocycles. The number of rotatable bonds is 2. The fourth-order valence-corrected chi connectivity index (χ4v) is 4.44. The average molecular weight is 293 g/mol. The normalized spacial score (nSPS) is 35.7. The number of hydrogen-bond donors (Lipinski definition) is 1. The van der Waals surface area contributed by atoms with Gasteiger partial charge in [0.25, 0.3) is 0 Å². The van der Waals surface area contributed by atoms with Crippen LogP contribution in [0.4, 0.5) is 0 Å². The minimum atomic E-state index is -1.28. The molecular weight excluding hydrogens is 270 g/mol. The third-order valence-corrected chi connectivity index (χ3v) is 5.88. The van der Waals surface area contributed by atoms with Gasteiger partial charge in [-0.15, -0.1) is 0 Å². The highest BCUT2D eigenvalue weighted by Crippen LogP contribution is 2.50. The molecule has 3 fully saturated rings. The quantitative estimate of drug-likeness (QED) is 0.793. The number of amides is 2. The maximum atomic E-state index is 12.9. The minimum Gasteiger partial charge on any atom is -0.479 e. The van der Waals surface area contributed by atoms with Crippen molar-refractivity contribution in [2.75, 3.05) is 0 Å². The van der Waals surface area contributed by atoms with E-state index in [1.54, 1.807) is 0 Å². The molecule has 1 heterocycles. The Kier molecular flexibility index (Phi) is 3.34. The van der Waals surface area contributed by atoms with E-state index in [0.717, 1.165) is 43.4 Å². The molecule has 5 nitrogen and oxygen atoms in total. The van der Waals surface area contributed by atoms with Crippen molar-refractivity contribution in [2.45, 2.75) is 70.3 Å². The van der Waals surface area contributed by atoms with Crippen LogP contribution < -0.4 is 0 Å². The molecular formula is C16H23NO4. The van der Waals surface area contributed by atoms with Gasteiger partial charge < -0.3 is 5.11 Å². The van der Waals surface area contributed by atoms with Crippen LogP contribution in [0, 0.1) is 11.3 Å². The lowest BCUT2D eigenvalue weighted by Gasteiger charge is -2.42. The molecule has 0 aromatic heterocycles. The number of nitrogens with zero attached hydrogens (tertiary/aromatic N) is 1. The maximum Gasteiger partial charge on any atom is 0.330 e. The van der Waals surface area contributed by atoms with Crippen molar-refractivity contribution in [3.63, 3.8) is 0 Å². The van der Waals surface area contributed by atoms with Gasteiger partial charge in [-0.2, -0.15) is 0 Å². The van der Waals surface area contributed by atoms with Crippen LogP contribution in [0.15, 0.2) is 0 Å². The summed E-state index contributed by atoms with van der Waals surface area (Å²) in [6.07, 6.45) is 5.94. The van der Waals surface area contributed by atoms with E-state index in [1.807, 2.05) is 0 Å². The minimum absolute atomic E-state index is 0.207. The second-order valence-electron chi connectivity index (χ2n) is 7.22. The Balaban J connectivity index is 1.95. The molecule has 0 radical (unpaired) electrons. The molecule has 0 aromatic rings. The molecule has 5 heteroatoms. The Morgan fingerprint density at radius 2 is 1.71 bits per heavy atom. The average Bonchev–Trinajstić information content (AvgIpc) is 2.99. The summed E-state index contributed by atoms with van der Waals surface area (Å²) in [4.78, 5) is 38.4. The van der Waals surface area contributed by atoms with Crippen LogP contribution in [0.25, 0.3) is 0 Å². The summed E-state index contributed by atoms with van der Waals surface area (Å²) >= 11 is 0. The van der Waals surface area contributed by atoms with Crippen LogP contribution in [0.2, 0.25) is 0 Å². The van der Waals surface area contributed by atoms with Gasteiger partial charge in [-0.1, -0.05) is 19.8 Å². The standard InChI is InChI=1S/C16H23NO4/c1-11-4-8-16(9-5-11,14(20)21)17-12(18)10-15(13(17)19)6-2-3-7-15/h11H,2-10H2,1H3,(H,20,21). The van der Waals surface area contributed by atoms with Crippen molar-refractivity contribution < 1.29 is 19.5 Å². The second-order valence-corrected chi connectivity index (χ2v) is 7.22. The fourth-order valence-electron chi connectivity index (χ4n) is 4.44. The third-order valence-electron chi connectivity index (χ3n) is 5.88. The zero-order valence-electron chi connectivity index (χ0n) is 12.6. The number of imide groups is 1. The molecule has 0 bridgehead atoms. The predicted octanol–water partition coefficient (Wildman–Crippen LogP) is 2.34. The number of carbonyl (C=O) groups is 3. The van der Waals surface area contributed by atoms with Gasteiger partial charge in [0, 0.05) is 6.42 Å². The largest absolute Gasteiger partial charge is 0.479 e. The van der Waals surface area contributed by atoms with Gasteiger partial charge in [-0.25, -0.2) is 4.79 Å². The van der Waals surface area contributed by atoms with Crippen molar-refractivity contribution in [3.8, 4) is 0 Å². The van der Waals surface area contributed by atoms with Gasteiger partial charge in [0.2, 0.25) is 11.8 Å². The molecule has 116 valence electrons. The first-order chi connectivity index (χ1) is 9.91. The molecule has 0 atom stereocenters. The van der Waals surface area contributed by atoms with Crippen LogP contribution in [0.3, 0.4) is 0 Å². The summed E-state index contributed by atoms with van der Waals surface area (Å²) in [5.41, 5.74) is -1.87. The van der Waals surface area contributed by atoms with Crippen LogP contribution >= 0.6 is 0 Å². The monoisotopic (exact) mass is 293 g/mol. The summed E-state index contributed by atoms with van der Waals surface area (Å²) in [5, 5.41) is 9.76. The van der Waals surface area contributed by atoms with Gasteiger partial charge in [0.1, 0.15) is 5.54 Å². The van der Waals surface area contributed by atoms with E-state index >= 15 is 0 Å². The van der Waals surface area contributed by atoms with Crippen LogP contribution in [-0.4, -0.2) is 33.3 Å². The van der Waals surface area contributed by atoms with E-state index in [-0.39, 0.29) is 18.2 Å². The molecule has 1 spiro atoms. The summed E-state index contributed by atoms with van der Waals surface area (Å²) in [7, 11) is 0. The van der Waals surface area contributed by atoms with Crippen molar-refractivity contribution in [3.05, 3.63) is 0 Å². The summed E-state index contributed by atoms with van der Waals surface area (Å²) in [6.45, 7) is 2.10. The lowest BCUT2D eigenvalue weighted by Crippen LogP contribution is -2.59. The topological polar surface area (TPSA) is 74.7 Å². The molecule has 1 N–H and O–H groups in total. The van der Waals surface area contributed by atoms with E-state index in [1.165, 1.54) is 0 Å². The Morgan fingerprint density at radius 1 is 1.14 bits per heavy atom. The molecule has 3 rings (SSSR count). The van der Waals surface area contributed by atoms with Crippen molar-refractivity contribution in [2.24, 2.45) is 11.3 Å². The summed E-state index contributed by atoms with van der Waals surface area (Å²) in [5.74, 6) is -1.02. The highest BCUT2D eigenvalue weighted by atomic mass is 16.4. The highest BCUT2D eigenvalue weighted by molar-refractivity contribution is 6.09. The van der Waals surface area contributed by atoms with E-state index in [9.17, 15) is 19.5 Å². The van der Waals surface area contributed by atoms with Crippen molar-refractivity contribution in [1.29, 1.82) is 0 Å². The van der Waals surface area contributed by atoms with E-state index in [0.29, 0.717) is 18.8 Å². The second kappa shape index (κ2) is 4.82. The zero-order valence-corrected chi connectivity index (χ0v) is 12.6. The first-order valence-electron chi connectivity index (χ1n) is 8.02. The lowest BCUT2D eigenvalue weighted by atomic mass is 9.75. The number of carbonyl (C=O) groups excluding carboxylic acids is 2. The Hall–Kier alpha value is -1.39. The first-order valence-corrected chi connectivity index (χ1v) is 8.02. The van der Waals surface area contributed by atoms with E-state index < -0.39 is 16.9 Å². The zero-order chi connectivity index (χ0) is 15.3. The molecule has 2 amide bonds. The fraction of sp³-hybridized carbons (Fsp3) is 0.812. The van der Waals surface area contributed by atoms with Crippen LogP contribution in [0.1, 0.15) is 64.7 Å².